The van der Waals surface area contributed by atoms with Crippen molar-refractivity contribution < 1.29 is 4.42 Å². The topological polar surface area (TPSA) is 51.0 Å². The summed E-state index contributed by atoms with van der Waals surface area (Å²) >= 11 is 5.81. The average molecular weight is 224 g/mol. The number of halogens is 1. The van der Waals surface area contributed by atoms with Gasteiger partial charge in [-0.15, -0.1) is 0 Å². The molecule has 15 heavy (non-hydrogen) atoms. The first-order valence-corrected chi connectivity index (χ1v) is 4.87. The third-order valence-corrected chi connectivity index (χ3v) is 2.36. The SMILES string of the molecule is Cc1cc(NCc2cnco2)cnc1Cl. The van der Waals surface area contributed by atoms with Gasteiger partial charge in [0.15, 0.2) is 6.39 Å². The minimum absolute atomic E-state index is 0.528. The quantitative estimate of drug-likeness (QED) is 0.813. The standard InChI is InChI=1S/C10H10ClN3O/c1-7-2-8(3-14-10(7)11)13-5-9-4-12-6-15-9/h2-4,6,13H,5H2,1H3. The van der Waals surface area contributed by atoms with E-state index in [0.29, 0.717) is 11.7 Å². The predicted molar refractivity (Wildman–Crippen MR) is 57.8 cm³/mol. The summed E-state index contributed by atoms with van der Waals surface area (Å²) in [6, 6.07) is 1.94. The second-order valence-corrected chi connectivity index (χ2v) is 3.51. The number of oxazole rings is 1. The molecule has 0 unspecified atom stereocenters. The second kappa shape index (κ2) is 4.31. The number of aryl methyl sites for hydroxylation is 1. The van der Waals surface area contributed by atoms with Crippen molar-refractivity contribution in [3.8, 4) is 0 Å². The smallest absolute Gasteiger partial charge is 0.180 e. The molecule has 1 N–H and O–H groups in total. The Morgan fingerprint density at radius 1 is 1.47 bits per heavy atom. The molecule has 0 radical (unpaired) electrons. The van der Waals surface area contributed by atoms with Crippen LogP contribution in [0.2, 0.25) is 5.15 Å². The van der Waals surface area contributed by atoms with Crippen LogP contribution in [0, 0.1) is 6.92 Å². The Morgan fingerprint density at radius 3 is 3.00 bits per heavy atom. The highest BCUT2D eigenvalue weighted by molar-refractivity contribution is 6.30. The summed E-state index contributed by atoms with van der Waals surface area (Å²) in [6.45, 7) is 2.50. The second-order valence-electron chi connectivity index (χ2n) is 3.15. The number of hydrogen-bond acceptors (Lipinski definition) is 4. The molecule has 2 aromatic heterocycles. The molecule has 2 rings (SSSR count). The number of rotatable bonds is 3. The van der Waals surface area contributed by atoms with Crippen LogP contribution in [0.1, 0.15) is 11.3 Å². The van der Waals surface area contributed by atoms with E-state index in [4.69, 9.17) is 16.0 Å². The van der Waals surface area contributed by atoms with Crippen molar-refractivity contribution in [3.63, 3.8) is 0 Å². The summed E-state index contributed by atoms with van der Waals surface area (Å²) in [5.41, 5.74) is 1.85. The van der Waals surface area contributed by atoms with Crippen LogP contribution < -0.4 is 5.32 Å². The Bertz CT molecular complexity index is 442. The van der Waals surface area contributed by atoms with Gasteiger partial charge in [0, 0.05) is 0 Å². The molecule has 78 valence electrons. The van der Waals surface area contributed by atoms with Crippen molar-refractivity contribution in [1.29, 1.82) is 0 Å². The van der Waals surface area contributed by atoms with Gasteiger partial charge in [-0.2, -0.15) is 0 Å². The molecule has 0 amide bonds. The minimum atomic E-state index is 0.528. The Morgan fingerprint density at radius 2 is 2.33 bits per heavy atom. The molecule has 0 atom stereocenters. The molecule has 2 aromatic rings. The van der Waals surface area contributed by atoms with Gasteiger partial charge in [-0.05, 0) is 18.6 Å². The fraction of sp³-hybridized carbons (Fsp3) is 0.200. The predicted octanol–water partition coefficient (Wildman–Crippen LogP) is 2.64. The van der Waals surface area contributed by atoms with Crippen LogP contribution in [-0.2, 0) is 6.54 Å². The van der Waals surface area contributed by atoms with E-state index in [-0.39, 0.29) is 0 Å². The molecule has 0 saturated carbocycles. The van der Waals surface area contributed by atoms with Gasteiger partial charge in [-0.1, -0.05) is 11.6 Å². The molecule has 0 aliphatic heterocycles. The Kier molecular flexibility index (Phi) is 2.87. The van der Waals surface area contributed by atoms with Crippen LogP contribution >= 0.6 is 11.6 Å². The first kappa shape index (κ1) is 9.98. The normalized spacial score (nSPS) is 10.3. The average Bonchev–Trinajstić information content (AvgIpc) is 2.73. The van der Waals surface area contributed by atoms with Gasteiger partial charge in [0.05, 0.1) is 24.6 Å². The number of anilines is 1. The van der Waals surface area contributed by atoms with E-state index in [1.54, 1.807) is 12.4 Å². The van der Waals surface area contributed by atoms with Gasteiger partial charge in [-0.3, -0.25) is 0 Å². The maximum absolute atomic E-state index is 5.81. The summed E-state index contributed by atoms with van der Waals surface area (Å²) in [6.07, 6.45) is 4.76. The molecule has 0 saturated heterocycles. The summed E-state index contributed by atoms with van der Waals surface area (Å²) in [5, 5.41) is 3.69. The van der Waals surface area contributed by atoms with Crippen LogP contribution in [0.4, 0.5) is 5.69 Å². The zero-order valence-electron chi connectivity index (χ0n) is 8.20. The van der Waals surface area contributed by atoms with Gasteiger partial charge < -0.3 is 9.73 Å². The molecular weight excluding hydrogens is 214 g/mol. The molecule has 5 heteroatoms. The highest BCUT2D eigenvalue weighted by atomic mass is 35.5. The van der Waals surface area contributed by atoms with E-state index >= 15 is 0 Å². The van der Waals surface area contributed by atoms with Crippen molar-refractivity contribution in [1.82, 2.24) is 9.97 Å². The fourth-order valence-electron chi connectivity index (χ4n) is 1.17. The maximum atomic E-state index is 5.81. The van der Waals surface area contributed by atoms with Crippen LogP contribution in [-0.4, -0.2) is 9.97 Å². The van der Waals surface area contributed by atoms with E-state index in [1.165, 1.54) is 6.39 Å². The van der Waals surface area contributed by atoms with Crippen molar-refractivity contribution in [2.24, 2.45) is 0 Å². The van der Waals surface area contributed by atoms with Crippen molar-refractivity contribution in [2.75, 3.05) is 5.32 Å². The lowest BCUT2D eigenvalue weighted by Gasteiger charge is -2.05. The van der Waals surface area contributed by atoms with Crippen LogP contribution in [0.15, 0.2) is 29.3 Å². The summed E-state index contributed by atoms with van der Waals surface area (Å²) in [5.74, 6) is 0.780. The molecule has 2 heterocycles. The van der Waals surface area contributed by atoms with Crippen molar-refractivity contribution in [2.45, 2.75) is 13.5 Å². The lowest BCUT2D eigenvalue weighted by atomic mass is 10.3. The molecule has 0 aromatic carbocycles. The minimum Gasteiger partial charge on any atom is -0.447 e. The van der Waals surface area contributed by atoms with E-state index in [0.717, 1.165) is 17.0 Å². The van der Waals surface area contributed by atoms with Gasteiger partial charge >= 0.3 is 0 Å². The van der Waals surface area contributed by atoms with Gasteiger partial charge in [0.25, 0.3) is 0 Å². The zero-order valence-corrected chi connectivity index (χ0v) is 8.95. The highest BCUT2D eigenvalue weighted by Gasteiger charge is 2.00. The third kappa shape index (κ3) is 2.47. The van der Waals surface area contributed by atoms with E-state index in [1.807, 2.05) is 13.0 Å². The number of hydrogen-bond donors (Lipinski definition) is 1. The summed E-state index contributed by atoms with van der Waals surface area (Å²) in [7, 11) is 0. The first-order valence-electron chi connectivity index (χ1n) is 4.49. The maximum Gasteiger partial charge on any atom is 0.180 e. The lowest BCUT2D eigenvalue weighted by Crippen LogP contribution is -1.99. The fourth-order valence-corrected chi connectivity index (χ4v) is 1.28. The largest absolute Gasteiger partial charge is 0.447 e. The van der Waals surface area contributed by atoms with Crippen LogP contribution in [0.5, 0.6) is 0 Å². The molecule has 0 aliphatic rings. The zero-order chi connectivity index (χ0) is 10.7. The van der Waals surface area contributed by atoms with E-state index in [9.17, 15) is 0 Å². The van der Waals surface area contributed by atoms with Gasteiger partial charge in [-0.25, -0.2) is 9.97 Å². The number of nitrogens with zero attached hydrogens (tertiary/aromatic N) is 2. The Balaban J connectivity index is 2.02. The summed E-state index contributed by atoms with van der Waals surface area (Å²) < 4.78 is 5.09. The van der Waals surface area contributed by atoms with Crippen molar-refractivity contribution in [3.05, 3.63) is 41.3 Å². The Labute approximate surface area is 92.3 Å². The highest BCUT2D eigenvalue weighted by Crippen LogP contribution is 2.16. The number of pyridine rings is 1. The van der Waals surface area contributed by atoms with Gasteiger partial charge in [0.1, 0.15) is 10.9 Å². The number of aromatic nitrogens is 2. The van der Waals surface area contributed by atoms with E-state index in [2.05, 4.69) is 15.3 Å². The van der Waals surface area contributed by atoms with Gasteiger partial charge in [0.2, 0.25) is 0 Å². The van der Waals surface area contributed by atoms with Crippen LogP contribution in [0.25, 0.3) is 0 Å². The molecule has 0 fully saturated rings. The van der Waals surface area contributed by atoms with Crippen LogP contribution in [0.3, 0.4) is 0 Å². The monoisotopic (exact) mass is 223 g/mol. The van der Waals surface area contributed by atoms with Crippen molar-refractivity contribution >= 4 is 17.3 Å². The van der Waals surface area contributed by atoms with E-state index < -0.39 is 0 Å². The Hall–Kier alpha value is -1.55. The third-order valence-electron chi connectivity index (χ3n) is 1.96. The molecule has 0 aliphatic carbocycles. The molecule has 4 nitrogen and oxygen atoms in total. The number of nitrogens with one attached hydrogen (secondary N) is 1. The molecular formula is C10H10ClN3O. The lowest BCUT2D eigenvalue weighted by molar-refractivity contribution is 0.511. The molecule has 0 spiro atoms. The first-order chi connectivity index (χ1) is 7.25. The summed E-state index contributed by atoms with van der Waals surface area (Å²) in [4.78, 5) is 7.86. The molecule has 0 bridgehead atoms.